The minimum Gasteiger partial charge on any atom is -0.508 e. The second-order valence-corrected chi connectivity index (χ2v) is 3.17. The molecule has 0 saturated heterocycles. The lowest BCUT2D eigenvalue weighted by Gasteiger charge is -1.97. The van der Waals surface area contributed by atoms with Crippen molar-refractivity contribution < 1.29 is 19.6 Å². The third-order valence-electron chi connectivity index (χ3n) is 1.80. The summed E-state index contributed by atoms with van der Waals surface area (Å²) in [6.07, 6.45) is 3.24. The van der Waals surface area contributed by atoms with Gasteiger partial charge in [0.2, 0.25) is 0 Å². The number of phenolic OH excluding ortho intramolecular Hbond substituents is 1. The fraction of sp³-hybridized carbons (Fsp3) is 0.182. The number of carbonyl (C=O) groups is 1. The predicted molar refractivity (Wildman–Crippen MR) is 60.0 cm³/mol. The van der Waals surface area contributed by atoms with E-state index in [1.165, 1.54) is 12.1 Å². The molecule has 0 unspecified atom stereocenters. The molecular weight excluding hydrogens is 226 g/mol. The summed E-state index contributed by atoms with van der Waals surface area (Å²) >= 11 is 0. The van der Waals surface area contributed by atoms with E-state index in [2.05, 4.69) is 4.74 Å². The second kappa shape index (κ2) is 6.26. The molecule has 0 atom stereocenters. The molecule has 0 aliphatic heterocycles. The highest BCUT2D eigenvalue weighted by atomic mass is 16.6. The lowest BCUT2D eigenvalue weighted by molar-refractivity contribution is -0.470. The Bertz CT molecular complexity index is 424. The number of nitrogens with zero attached hydrogens (tertiary/aromatic N) is 1. The van der Waals surface area contributed by atoms with E-state index in [0.29, 0.717) is 0 Å². The number of hydrogen-bond acceptors (Lipinski definition) is 5. The van der Waals surface area contributed by atoms with Gasteiger partial charge in [-0.1, -0.05) is 18.2 Å². The first-order chi connectivity index (χ1) is 8.08. The maximum absolute atomic E-state index is 10.8. The Hall–Kier alpha value is -2.37. The fourth-order valence-electron chi connectivity index (χ4n) is 1.06. The quantitative estimate of drug-likeness (QED) is 0.472. The molecule has 0 bridgehead atoms. The average molecular weight is 237 g/mol. The first kappa shape index (κ1) is 12.7. The van der Waals surface area contributed by atoms with E-state index >= 15 is 0 Å². The summed E-state index contributed by atoms with van der Waals surface area (Å²) < 4.78 is 4.58. The van der Waals surface area contributed by atoms with Crippen LogP contribution in [0.5, 0.6) is 5.75 Å². The molecule has 0 heterocycles. The zero-order chi connectivity index (χ0) is 12.7. The number of rotatable bonds is 5. The van der Waals surface area contributed by atoms with Crippen LogP contribution in [0.2, 0.25) is 0 Å². The highest BCUT2D eigenvalue weighted by molar-refractivity contribution is 5.70. The summed E-state index contributed by atoms with van der Waals surface area (Å²) in [6, 6.07) is 6.42. The van der Waals surface area contributed by atoms with Crippen LogP contribution in [0.1, 0.15) is 5.56 Å². The van der Waals surface area contributed by atoms with Crippen molar-refractivity contribution in [2.24, 2.45) is 0 Å². The van der Waals surface area contributed by atoms with E-state index in [-0.39, 0.29) is 12.4 Å². The van der Waals surface area contributed by atoms with E-state index in [1.54, 1.807) is 24.3 Å². The lowest BCUT2D eigenvalue weighted by Crippen LogP contribution is -2.16. The summed E-state index contributed by atoms with van der Waals surface area (Å²) in [5, 5.41) is 19.0. The Morgan fingerprint density at radius 3 is 2.65 bits per heavy atom. The van der Waals surface area contributed by atoms with E-state index in [1.807, 2.05) is 0 Å². The standard InChI is InChI=1S/C11H11NO5/c13-10-5-3-9(4-6-10)2-1-7-17-11(14)8-12(15)16/h1-6,13H,7-8H2/b2-1+. The number of benzene rings is 1. The maximum atomic E-state index is 10.8. The fourth-order valence-corrected chi connectivity index (χ4v) is 1.06. The van der Waals surface area contributed by atoms with Crippen LogP contribution >= 0.6 is 0 Å². The van der Waals surface area contributed by atoms with E-state index in [4.69, 9.17) is 5.11 Å². The number of carbonyl (C=O) groups excluding carboxylic acids is 1. The minimum absolute atomic E-state index is 0.0203. The monoisotopic (exact) mass is 237 g/mol. The van der Waals surface area contributed by atoms with Gasteiger partial charge in [0.25, 0.3) is 6.54 Å². The molecule has 0 spiro atoms. The first-order valence-electron chi connectivity index (χ1n) is 4.81. The highest BCUT2D eigenvalue weighted by Crippen LogP contribution is 2.10. The molecule has 6 heteroatoms. The molecule has 0 fully saturated rings. The van der Waals surface area contributed by atoms with Gasteiger partial charge in [-0.15, -0.1) is 0 Å². The lowest BCUT2D eigenvalue weighted by atomic mass is 10.2. The number of aromatic hydroxyl groups is 1. The van der Waals surface area contributed by atoms with Gasteiger partial charge in [0, 0.05) is 4.92 Å². The molecule has 17 heavy (non-hydrogen) atoms. The Kier molecular flexibility index (Phi) is 4.68. The smallest absolute Gasteiger partial charge is 0.378 e. The molecule has 1 N–H and O–H groups in total. The van der Waals surface area contributed by atoms with Crippen molar-refractivity contribution in [1.29, 1.82) is 0 Å². The van der Waals surface area contributed by atoms with Crippen molar-refractivity contribution in [3.05, 3.63) is 46.0 Å². The van der Waals surface area contributed by atoms with E-state index in [9.17, 15) is 14.9 Å². The molecule has 1 aromatic carbocycles. The second-order valence-electron chi connectivity index (χ2n) is 3.17. The third kappa shape index (κ3) is 5.31. The van der Waals surface area contributed by atoms with Crippen LogP contribution in [0.4, 0.5) is 0 Å². The summed E-state index contributed by atoms with van der Waals surface area (Å²) in [6.45, 7) is -0.847. The van der Waals surface area contributed by atoms with Gasteiger partial charge in [-0.3, -0.25) is 10.1 Å². The van der Waals surface area contributed by atoms with Gasteiger partial charge in [0.1, 0.15) is 12.4 Å². The number of esters is 1. The summed E-state index contributed by atoms with van der Waals surface area (Å²) in [5.74, 6) is -0.704. The van der Waals surface area contributed by atoms with Gasteiger partial charge in [0.15, 0.2) is 0 Å². The summed E-state index contributed by atoms with van der Waals surface area (Å²) in [7, 11) is 0. The van der Waals surface area contributed by atoms with E-state index < -0.39 is 17.4 Å². The van der Waals surface area contributed by atoms with Gasteiger partial charge in [-0.25, -0.2) is 4.79 Å². The largest absolute Gasteiger partial charge is 0.508 e. The zero-order valence-electron chi connectivity index (χ0n) is 8.91. The Labute approximate surface area is 97.3 Å². The SMILES string of the molecule is O=C(C[N+](=O)[O-])OC/C=C/c1ccc(O)cc1. The number of phenols is 1. The summed E-state index contributed by atoms with van der Waals surface area (Å²) in [4.78, 5) is 20.0. The number of hydrogen-bond donors (Lipinski definition) is 1. The van der Waals surface area contributed by atoms with Gasteiger partial charge in [-0.2, -0.15) is 0 Å². The average Bonchev–Trinajstić information content (AvgIpc) is 2.26. The van der Waals surface area contributed by atoms with Crippen molar-refractivity contribution >= 4 is 12.0 Å². The third-order valence-corrected chi connectivity index (χ3v) is 1.80. The Balaban J connectivity index is 2.33. The predicted octanol–water partition coefficient (Wildman–Crippen LogP) is 1.23. The number of nitro groups is 1. The molecular formula is C11H11NO5. The minimum atomic E-state index is -0.870. The van der Waals surface area contributed by atoms with E-state index in [0.717, 1.165) is 5.56 Å². The van der Waals surface area contributed by atoms with Gasteiger partial charge in [-0.05, 0) is 23.8 Å². The van der Waals surface area contributed by atoms with Crippen molar-refractivity contribution in [1.82, 2.24) is 0 Å². The van der Waals surface area contributed by atoms with Crippen LogP contribution in [0.25, 0.3) is 6.08 Å². The molecule has 90 valence electrons. The van der Waals surface area contributed by atoms with Crippen molar-refractivity contribution in [2.45, 2.75) is 0 Å². The Morgan fingerprint density at radius 2 is 2.06 bits per heavy atom. The normalized spacial score (nSPS) is 10.4. The zero-order valence-corrected chi connectivity index (χ0v) is 8.91. The summed E-state index contributed by atoms with van der Waals surface area (Å²) in [5.41, 5.74) is 0.827. The van der Waals surface area contributed by atoms with Gasteiger partial charge in [0.05, 0.1) is 0 Å². The molecule has 0 radical (unpaired) electrons. The molecule has 1 aromatic rings. The highest BCUT2D eigenvalue weighted by Gasteiger charge is 2.08. The van der Waals surface area contributed by atoms with Crippen LogP contribution < -0.4 is 0 Å². The first-order valence-corrected chi connectivity index (χ1v) is 4.81. The van der Waals surface area contributed by atoms with Crippen LogP contribution in [0.15, 0.2) is 30.3 Å². The molecule has 0 amide bonds. The molecule has 0 aliphatic carbocycles. The topological polar surface area (TPSA) is 89.7 Å². The maximum Gasteiger partial charge on any atom is 0.378 e. The van der Waals surface area contributed by atoms with Crippen LogP contribution in [0.3, 0.4) is 0 Å². The van der Waals surface area contributed by atoms with Crippen LogP contribution in [-0.2, 0) is 9.53 Å². The van der Waals surface area contributed by atoms with Gasteiger partial charge < -0.3 is 9.84 Å². The molecule has 0 aliphatic rings. The number of ether oxygens (including phenoxy) is 1. The van der Waals surface area contributed by atoms with Crippen molar-refractivity contribution in [3.8, 4) is 5.75 Å². The van der Waals surface area contributed by atoms with Crippen molar-refractivity contribution in [3.63, 3.8) is 0 Å². The van der Waals surface area contributed by atoms with Crippen LogP contribution in [-0.4, -0.2) is 29.2 Å². The molecule has 0 saturated carbocycles. The van der Waals surface area contributed by atoms with Gasteiger partial charge >= 0.3 is 5.97 Å². The Morgan fingerprint density at radius 1 is 1.41 bits per heavy atom. The molecule has 0 aromatic heterocycles. The van der Waals surface area contributed by atoms with Crippen molar-refractivity contribution in [2.75, 3.05) is 13.2 Å². The molecule has 1 rings (SSSR count). The van der Waals surface area contributed by atoms with Crippen LogP contribution in [0, 0.1) is 10.1 Å². The molecule has 6 nitrogen and oxygen atoms in total.